The second kappa shape index (κ2) is 8.34. The van der Waals surface area contributed by atoms with Crippen molar-refractivity contribution >= 4 is 12.2 Å². The van der Waals surface area contributed by atoms with Gasteiger partial charge in [0, 0.05) is 25.7 Å². The molecule has 0 saturated carbocycles. The third-order valence-electron chi connectivity index (χ3n) is 4.00. The van der Waals surface area contributed by atoms with Crippen LogP contribution >= 0.6 is 0 Å². The zero-order valence-electron chi connectivity index (χ0n) is 15.3. The molecule has 132 valence electrons. The van der Waals surface area contributed by atoms with Crippen molar-refractivity contribution in [3.05, 3.63) is 41.5 Å². The van der Waals surface area contributed by atoms with Crippen molar-refractivity contribution in [1.29, 1.82) is 0 Å². The van der Waals surface area contributed by atoms with Crippen molar-refractivity contribution in [2.75, 3.05) is 19.6 Å². The van der Waals surface area contributed by atoms with E-state index in [1.165, 1.54) is 11.1 Å². The average molecular weight is 330 g/mol. The molecule has 4 nitrogen and oxygen atoms in total. The van der Waals surface area contributed by atoms with Gasteiger partial charge in [-0.15, -0.1) is 0 Å². The highest BCUT2D eigenvalue weighted by atomic mass is 16.6. The van der Waals surface area contributed by atoms with Crippen molar-refractivity contribution < 1.29 is 9.53 Å². The number of ether oxygens (including phenoxy) is 1. The van der Waals surface area contributed by atoms with Crippen LogP contribution < -0.4 is 5.32 Å². The smallest absolute Gasteiger partial charge is 0.410 e. The largest absolute Gasteiger partial charge is 0.444 e. The minimum atomic E-state index is -0.438. The quantitative estimate of drug-likeness (QED) is 0.884. The number of rotatable bonds is 5. The molecule has 0 aliphatic carbocycles. The van der Waals surface area contributed by atoms with Gasteiger partial charge in [-0.25, -0.2) is 4.79 Å². The Hall–Kier alpha value is -1.81. The first-order valence-electron chi connectivity index (χ1n) is 8.78. The van der Waals surface area contributed by atoms with Crippen LogP contribution in [0.3, 0.4) is 0 Å². The molecule has 0 aromatic heterocycles. The average Bonchev–Trinajstić information content (AvgIpc) is 2.95. The summed E-state index contributed by atoms with van der Waals surface area (Å²) in [5.74, 6) is 0. The molecule has 1 aromatic rings. The highest BCUT2D eigenvalue weighted by Gasteiger charge is 2.31. The Balaban J connectivity index is 1.80. The fourth-order valence-corrected chi connectivity index (χ4v) is 2.93. The van der Waals surface area contributed by atoms with E-state index in [9.17, 15) is 4.79 Å². The predicted molar refractivity (Wildman–Crippen MR) is 98.9 cm³/mol. The van der Waals surface area contributed by atoms with Crippen LogP contribution in [0.2, 0.25) is 0 Å². The van der Waals surface area contributed by atoms with Crippen LogP contribution in [0.1, 0.15) is 46.1 Å². The minimum absolute atomic E-state index is 0.191. The van der Waals surface area contributed by atoms with Gasteiger partial charge >= 0.3 is 6.09 Å². The number of hydrogen-bond acceptors (Lipinski definition) is 3. The Bertz CT molecular complexity index is 561. The van der Waals surface area contributed by atoms with Crippen molar-refractivity contribution in [2.24, 2.45) is 0 Å². The minimum Gasteiger partial charge on any atom is -0.444 e. The SMILES string of the molecule is CC(=Cc1ccccc1)CNCC1CCCN1C(=O)OC(C)(C)C. The summed E-state index contributed by atoms with van der Waals surface area (Å²) in [5, 5.41) is 3.48. The van der Waals surface area contributed by atoms with Gasteiger partial charge in [0.05, 0.1) is 0 Å². The molecule has 1 unspecified atom stereocenters. The molecule has 1 aliphatic rings. The number of nitrogens with one attached hydrogen (secondary N) is 1. The fourth-order valence-electron chi connectivity index (χ4n) is 2.93. The number of hydrogen-bond donors (Lipinski definition) is 1. The first-order chi connectivity index (χ1) is 11.3. The molecule has 2 rings (SSSR count). The van der Waals surface area contributed by atoms with E-state index < -0.39 is 5.60 Å². The lowest BCUT2D eigenvalue weighted by Gasteiger charge is -2.28. The van der Waals surface area contributed by atoms with E-state index in [2.05, 4.69) is 30.4 Å². The van der Waals surface area contributed by atoms with Gasteiger partial charge in [-0.1, -0.05) is 42.0 Å². The molecule has 1 fully saturated rings. The molecule has 1 aliphatic heterocycles. The van der Waals surface area contributed by atoms with Crippen molar-refractivity contribution in [3.63, 3.8) is 0 Å². The second-order valence-electron chi connectivity index (χ2n) is 7.50. The van der Waals surface area contributed by atoms with Crippen LogP contribution in [0, 0.1) is 0 Å². The molecule has 0 radical (unpaired) electrons. The molecule has 1 heterocycles. The number of likely N-dealkylation sites (tertiary alicyclic amines) is 1. The molecule has 1 aromatic carbocycles. The predicted octanol–water partition coefficient (Wildman–Crippen LogP) is 4.08. The Morgan fingerprint density at radius 2 is 2.04 bits per heavy atom. The van der Waals surface area contributed by atoms with Gasteiger partial charge in [-0.05, 0) is 46.1 Å². The van der Waals surface area contributed by atoms with E-state index in [4.69, 9.17) is 4.74 Å². The van der Waals surface area contributed by atoms with Gasteiger partial charge in [0.1, 0.15) is 5.60 Å². The van der Waals surface area contributed by atoms with Crippen molar-refractivity contribution in [1.82, 2.24) is 10.2 Å². The van der Waals surface area contributed by atoms with Gasteiger partial charge in [0.25, 0.3) is 0 Å². The van der Waals surface area contributed by atoms with Gasteiger partial charge < -0.3 is 15.0 Å². The van der Waals surface area contributed by atoms with Crippen LogP contribution in [0.15, 0.2) is 35.9 Å². The first kappa shape index (κ1) is 18.5. The number of benzene rings is 1. The number of nitrogens with zero attached hydrogens (tertiary/aromatic N) is 1. The Morgan fingerprint density at radius 3 is 2.71 bits per heavy atom. The second-order valence-corrected chi connectivity index (χ2v) is 7.50. The van der Waals surface area contributed by atoms with Gasteiger partial charge in [-0.2, -0.15) is 0 Å². The van der Waals surface area contributed by atoms with E-state index in [1.807, 2.05) is 43.9 Å². The topological polar surface area (TPSA) is 41.6 Å². The number of carbonyl (C=O) groups excluding carboxylic acids is 1. The van der Waals surface area contributed by atoms with Gasteiger partial charge in [0.15, 0.2) is 0 Å². The molecule has 1 amide bonds. The zero-order valence-corrected chi connectivity index (χ0v) is 15.3. The number of carbonyl (C=O) groups is 1. The first-order valence-corrected chi connectivity index (χ1v) is 8.78. The van der Waals surface area contributed by atoms with Gasteiger partial charge in [0.2, 0.25) is 0 Å². The van der Waals surface area contributed by atoms with Crippen molar-refractivity contribution in [2.45, 2.75) is 52.2 Å². The van der Waals surface area contributed by atoms with E-state index in [1.54, 1.807) is 0 Å². The Morgan fingerprint density at radius 1 is 1.33 bits per heavy atom. The van der Waals surface area contributed by atoms with E-state index in [0.29, 0.717) is 0 Å². The lowest BCUT2D eigenvalue weighted by atomic mass is 10.1. The van der Waals surface area contributed by atoms with Crippen LogP contribution in [-0.2, 0) is 4.74 Å². The normalized spacial score (nSPS) is 18.8. The Kier molecular flexibility index (Phi) is 6.44. The monoisotopic (exact) mass is 330 g/mol. The maximum atomic E-state index is 12.3. The molecule has 1 atom stereocenters. The summed E-state index contributed by atoms with van der Waals surface area (Å²) in [4.78, 5) is 14.1. The molecule has 1 N–H and O–H groups in total. The highest BCUT2D eigenvalue weighted by molar-refractivity contribution is 5.69. The fraction of sp³-hybridized carbons (Fsp3) is 0.550. The van der Waals surface area contributed by atoms with Gasteiger partial charge in [-0.3, -0.25) is 0 Å². The van der Waals surface area contributed by atoms with Crippen LogP contribution in [0.5, 0.6) is 0 Å². The van der Waals surface area contributed by atoms with E-state index >= 15 is 0 Å². The summed E-state index contributed by atoms with van der Waals surface area (Å²) in [5.41, 5.74) is 2.06. The maximum Gasteiger partial charge on any atom is 0.410 e. The molecule has 24 heavy (non-hydrogen) atoms. The standard InChI is InChI=1S/C20H30N2O2/c1-16(13-17-9-6-5-7-10-17)14-21-15-18-11-8-12-22(18)19(23)24-20(2,3)4/h5-7,9-10,13,18,21H,8,11-12,14-15H2,1-4H3. The zero-order chi connectivity index (χ0) is 17.6. The van der Waals surface area contributed by atoms with Crippen LogP contribution in [-0.4, -0.2) is 42.3 Å². The lowest BCUT2D eigenvalue weighted by molar-refractivity contribution is 0.0227. The van der Waals surface area contributed by atoms with Crippen molar-refractivity contribution in [3.8, 4) is 0 Å². The highest BCUT2D eigenvalue weighted by Crippen LogP contribution is 2.20. The summed E-state index contributed by atoms with van der Waals surface area (Å²) in [6, 6.07) is 10.5. The van der Waals surface area contributed by atoms with Crippen LogP contribution in [0.4, 0.5) is 4.79 Å². The molecular weight excluding hydrogens is 300 g/mol. The molecular formula is C20H30N2O2. The molecule has 0 bridgehead atoms. The number of amides is 1. The Labute approximate surface area is 145 Å². The summed E-state index contributed by atoms with van der Waals surface area (Å²) in [7, 11) is 0. The molecule has 0 spiro atoms. The van der Waals surface area contributed by atoms with Crippen LogP contribution in [0.25, 0.3) is 6.08 Å². The van der Waals surface area contributed by atoms with E-state index in [-0.39, 0.29) is 12.1 Å². The molecule has 1 saturated heterocycles. The maximum absolute atomic E-state index is 12.3. The summed E-state index contributed by atoms with van der Waals surface area (Å²) < 4.78 is 5.51. The summed E-state index contributed by atoms with van der Waals surface area (Å²) in [6.45, 7) is 10.3. The summed E-state index contributed by atoms with van der Waals surface area (Å²) in [6.07, 6.45) is 4.08. The third-order valence-corrected chi connectivity index (χ3v) is 4.00. The molecule has 4 heteroatoms. The lowest BCUT2D eigenvalue weighted by Crippen LogP contribution is -2.44. The summed E-state index contributed by atoms with van der Waals surface area (Å²) >= 11 is 0. The third kappa shape index (κ3) is 6.00. The van der Waals surface area contributed by atoms with E-state index in [0.717, 1.165) is 32.5 Å².